The van der Waals surface area contributed by atoms with Gasteiger partial charge in [-0.05, 0) is 43.7 Å². The highest BCUT2D eigenvalue weighted by Crippen LogP contribution is 2.36. The summed E-state index contributed by atoms with van der Waals surface area (Å²) >= 11 is 1.38. The van der Waals surface area contributed by atoms with Crippen LogP contribution in [0.5, 0.6) is 11.5 Å². The first-order chi connectivity index (χ1) is 13.1. The molecule has 3 aromatic rings. The molecule has 0 aliphatic carbocycles. The number of nitriles is 1. The van der Waals surface area contributed by atoms with E-state index in [1.165, 1.54) is 16.9 Å². The summed E-state index contributed by atoms with van der Waals surface area (Å²) in [6.45, 7) is 4.27. The molecule has 0 saturated carbocycles. The molecule has 0 atom stereocenters. The summed E-state index contributed by atoms with van der Waals surface area (Å²) in [5.41, 5.74) is 7.99. The van der Waals surface area contributed by atoms with Gasteiger partial charge in [-0.2, -0.15) is 10.4 Å². The predicted molar refractivity (Wildman–Crippen MR) is 105 cm³/mol. The van der Waals surface area contributed by atoms with Crippen molar-refractivity contribution >= 4 is 22.7 Å². The summed E-state index contributed by atoms with van der Waals surface area (Å²) in [7, 11) is 0. The number of hydrogen-bond donors (Lipinski definition) is 1. The fraction of sp³-hybridized carbons (Fsp3) is 0.150. The lowest BCUT2D eigenvalue weighted by atomic mass is 10.1. The Morgan fingerprint density at radius 1 is 1.19 bits per heavy atom. The number of rotatable bonds is 4. The second-order valence-electron chi connectivity index (χ2n) is 6.11. The second kappa shape index (κ2) is 7.09. The zero-order valence-corrected chi connectivity index (χ0v) is 15.6. The van der Waals surface area contributed by atoms with Crippen molar-refractivity contribution in [1.82, 2.24) is 4.98 Å². The van der Waals surface area contributed by atoms with Crippen LogP contribution in [0.4, 0.5) is 5.69 Å². The lowest BCUT2D eigenvalue weighted by molar-refractivity contribution is 0.174. The Hall–Kier alpha value is -3.37. The average Bonchev–Trinajstić information content (AvgIpc) is 3.32. The van der Waals surface area contributed by atoms with Crippen molar-refractivity contribution in [3.8, 4) is 28.8 Å². The van der Waals surface area contributed by atoms with Crippen LogP contribution < -0.4 is 14.9 Å². The van der Waals surface area contributed by atoms with Crippen LogP contribution in [-0.2, 0) is 0 Å². The summed E-state index contributed by atoms with van der Waals surface area (Å²) in [4.78, 5) is 4.55. The van der Waals surface area contributed by atoms with Crippen LogP contribution >= 0.6 is 11.3 Å². The van der Waals surface area contributed by atoms with Gasteiger partial charge in [0, 0.05) is 10.9 Å². The number of aromatic nitrogens is 1. The minimum atomic E-state index is 0.233. The summed E-state index contributed by atoms with van der Waals surface area (Å²) in [5, 5.41) is 16.2. The van der Waals surface area contributed by atoms with Crippen molar-refractivity contribution in [2.75, 3.05) is 12.2 Å². The molecule has 134 valence electrons. The number of hydrogen-bond acceptors (Lipinski definition) is 7. The van der Waals surface area contributed by atoms with Crippen LogP contribution in [0.25, 0.3) is 11.3 Å². The Bertz CT molecular complexity index is 1080. The van der Waals surface area contributed by atoms with Gasteiger partial charge < -0.3 is 9.47 Å². The van der Waals surface area contributed by atoms with Crippen LogP contribution in [0.2, 0.25) is 0 Å². The number of anilines is 1. The van der Waals surface area contributed by atoms with Gasteiger partial charge in [0.25, 0.3) is 0 Å². The third-order valence-electron chi connectivity index (χ3n) is 4.15. The molecular formula is C20H16N4O2S. The van der Waals surface area contributed by atoms with Crippen LogP contribution in [-0.4, -0.2) is 17.5 Å². The topological polar surface area (TPSA) is 79.5 Å². The van der Waals surface area contributed by atoms with E-state index < -0.39 is 0 Å². The number of fused-ring (bicyclic) bond motifs is 1. The van der Waals surface area contributed by atoms with Crippen molar-refractivity contribution in [1.29, 1.82) is 5.26 Å². The smallest absolute Gasteiger partial charge is 0.231 e. The Morgan fingerprint density at radius 3 is 2.85 bits per heavy atom. The molecule has 0 bridgehead atoms. The van der Waals surface area contributed by atoms with Crippen molar-refractivity contribution in [3.05, 3.63) is 57.9 Å². The molecule has 27 heavy (non-hydrogen) atoms. The maximum atomic E-state index is 9.49. The number of ether oxygens (including phenoxy) is 2. The Balaban J connectivity index is 1.58. The van der Waals surface area contributed by atoms with E-state index >= 15 is 0 Å². The normalized spacial score (nSPS) is 12.7. The first kappa shape index (κ1) is 17.1. The van der Waals surface area contributed by atoms with E-state index in [4.69, 9.17) is 9.47 Å². The third kappa shape index (κ3) is 3.48. The predicted octanol–water partition coefficient (Wildman–Crippen LogP) is 4.50. The number of nitrogens with zero attached hydrogens (tertiary/aromatic N) is 3. The number of hydrazone groups is 1. The van der Waals surface area contributed by atoms with E-state index in [2.05, 4.69) is 27.6 Å². The number of nitrogens with one attached hydrogen (secondary N) is 1. The largest absolute Gasteiger partial charge is 0.454 e. The fourth-order valence-corrected chi connectivity index (χ4v) is 3.51. The monoisotopic (exact) mass is 376 g/mol. The molecule has 1 aliphatic rings. The quantitative estimate of drug-likeness (QED) is 0.536. The first-order valence-corrected chi connectivity index (χ1v) is 9.19. The van der Waals surface area contributed by atoms with Gasteiger partial charge in [0.1, 0.15) is 6.07 Å². The van der Waals surface area contributed by atoms with Gasteiger partial charge in [0.2, 0.25) is 6.79 Å². The van der Waals surface area contributed by atoms with Crippen molar-refractivity contribution in [2.45, 2.75) is 13.8 Å². The maximum absolute atomic E-state index is 9.49. The van der Waals surface area contributed by atoms with E-state index in [9.17, 15) is 5.26 Å². The maximum Gasteiger partial charge on any atom is 0.231 e. The van der Waals surface area contributed by atoms with Crippen LogP contribution in [0.3, 0.4) is 0 Å². The molecular weight excluding hydrogens is 360 g/mol. The molecule has 0 fully saturated rings. The van der Waals surface area contributed by atoms with Crippen LogP contribution in [0.1, 0.15) is 16.1 Å². The summed E-state index contributed by atoms with van der Waals surface area (Å²) in [6, 6.07) is 13.8. The number of thiazole rings is 1. The minimum absolute atomic E-state index is 0.233. The molecule has 0 spiro atoms. The molecule has 0 unspecified atom stereocenters. The highest BCUT2D eigenvalue weighted by atomic mass is 32.1. The molecule has 2 aromatic carbocycles. The summed E-state index contributed by atoms with van der Waals surface area (Å²) in [5.74, 6) is 1.43. The van der Waals surface area contributed by atoms with Gasteiger partial charge >= 0.3 is 0 Å². The van der Waals surface area contributed by atoms with E-state index in [1.807, 2.05) is 49.6 Å². The van der Waals surface area contributed by atoms with Gasteiger partial charge in [0.15, 0.2) is 22.2 Å². The summed E-state index contributed by atoms with van der Waals surface area (Å²) < 4.78 is 10.7. The molecule has 7 heteroatoms. The second-order valence-corrected chi connectivity index (χ2v) is 6.97. The van der Waals surface area contributed by atoms with Crippen molar-refractivity contribution in [3.63, 3.8) is 0 Å². The molecule has 0 amide bonds. The summed E-state index contributed by atoms with van der Waals surface area (Å²) in [6.07, 6.45) is 0. The van der Waals surface area contributed by atoms with Gasteiger partial charge in [-0.1, -0.05) is 17.7 Å². The number of aryl methyl sites for hydroxylation is 2. The molecule has 0 saturated heterocycles. The Morgan fingerprint density at radius 2 is 2.04 bits per heavy atom. The van der Waals surface area contributed by atoms with Gasteiger partial charge in [0.05, 0.1) is 11.4 Å². The zero-order chi connectivity index (χ0) is 18.8. The molecule has 1 aromatic heterocycles. The standard InChI is InChI=1S/C20H16N4O2S/c1-12-3-5-15(13(2)7-12)23-24-16(9-21)20-22-17(10-27-20)14-4-6-18-19(8-14)26-11-25-18/h3-8,10,23H,11H2,1-2H3/b24-16+. The third-order valence-corrected chi connectivity index (χ3v) is 5.00. The van der Waals surface area contributed by atoms with E-state index in [-0.39, 0.29) is 12.5 Å². The molecule has 6 nitrogen and oxygen atoms in total. The molecule has 1 aliphatic heterocycles. The molecule has 4 rings (SSSR count). The van der Waals surface area contributed by atoms with Crippen molar-refractivity contribution in [2.24, 2.45) is 5.10 Å². The minimum Gasteiger partial charge on any atom is -0.454 e. The first-order valence-electron chi connectivity index (χ1n) is 8.31. The van der Waals surface area contributed by atoms with Gasteiger partial charge in [-0.25, -0.2) is 4.98 Å². The lowest BCUT2D eigenvalue weighted by Crippen LogP contribution is -2.02. The number of benzene rings is 2. The van der Waals surface area contributed by atoms with Gasteiger partial charge in [-0.15, -0.1) is 11.3 Å². The zero-order valence-electron chi connectivity index (χ0n) is 14.8. The molecule has 0 radical (unpaired) electrons. The van der Waals surface area contributed by atoms with E-state index in [0.717, 1.165) is 28.3 Å². The Kier molecular flexibility index (Phi) is 4.48. The van der Waals surface area contributed by atoms with E-state index in [1.54, 1.807) is 0 Å². The molecule has 2 heterocycles. The molecule has 1 N–H and O–H groups in total. The van der Waals surface area contributed by atoms with Crippen LogP contribution in [0.15, 0.2) is 46.9 Å². The van der Waals surface area contributed by atoms with Gasteiger partial charge in [-0.3, -0.25) is 5.43 Å². The fourth-order valence-electron chi connectivity index (χ4n) is 2.75. The average molecular weight is 376 g/mol. The Labute approximate surface area is 160 Å². The van der Waals surface area contributed by atoms with Crippen LogP contribution in [0, 0.1) is 25.2 Å². The lowest BCUT2D eigenvalue weighted by Gasteiger charge is -2.05. The van der Waals surface area contributed by atoms with Crippen molar-refractivity contribution < 1.29 is 9.47 Å². The highest BCUT2D eigenvalue weighted by Gasteiger charge is 2.16. The highest BCUT2D eigenvalue weighted by molar-refractivity contribution is 7.12. The van der Waals surface area contributed by atoms with E-state index in [0.29, 0.717) is 10.8 Å². The SMILES string of the molecule is Cc1ccc(N/N=C(\C#N)c2nc(-c3ccc4c(c3)OCO4)cs2)c(C)c1.